The standard InChI is InChI=1S/C16H13NO3/c17-15(18)9-4-11-2-1-3-14(10-11)12-5-7-13(8-6-12)16(19)20/h1-10H,(H2,17,18)(H,19,20)/b9-4-. The molecule has 0 aliphatic rings. The Morgan fingerprint density at radius 1 is 1.00 bits per heavy atom. The molecule has 4 nitrogen and oxygen atoms in total. The first kappa shape index (κ1) is 13.5. The van der Waals surface area contributed by atoms with E-state index in [1.54, 1.807) is 30.3 Å². The maximum atomic E-state index is 10.8. The predicted molar refractivity (Wildman–Crippen MR) is 77.1 cm³/mol. The summed E-state index contributed by atoms with van der Waals surface area (Å²) in [6.07, 6.45) is 2.93. The van der Waals surface area contributed by atoms with Gasteiger partial charge in [-0.25, -0.2) is 4.79 Å². The minimum atomic E-state index is -0.949. The van der Waals surface area contributed by atoms with Gasteiger partial charge in [0.1, 0.15) is 0 Å². The molecule has 0 atom stereocenters. The van der Waals surface area contributed by atoms with Crippen LogP contribution in [0.4, 0.5) is 0 Å². The number of hydrogen-bond donors (Lipinski definition) is 2. The number of carbonyl (C=O) groups is 2. The number of carboxylic acids is 1. The molecule has 0 heterocycles. The normalized spacial score (nSPS) is 10.6. The van der Waals surface area contributed by atoms with Gasteiger partial charge in [-0.2, -0.15) is 0 Å². The van der Waals surface area contributed by atoms with Crippen LogP contribution in [0.2, 0.25) is 0 Å². The van der Waals surface area contributed by atoms with E-state index in [1.165, 1.54) is 6.08 Å². The summed E-state index contributed by atoms with van der Waals surface area (Å²) in [5.74, 6) is -1.45. The van der Waals surface area contributed by atoms with E-state index in [1.807, 2.05) is 24.3 Å². The summed E-state index contributed by atoms with van der Waals surface area (Å²) in [5.41, 5.74) is 8.00. The number of rotatable bonds is 4. The molecule has 20 heavy (non-hydrogen) atoms. The summed E-state index contributed by atoms with van der Waals surface area (Å²) in [6, 6.07) is 14.1. The van der Waals surface area contributed by atoms with E-state index in [9.17, 15) is 9.59 Å². The van der Waals surface area contributed by atoms with Crippen LogP contribution < -0.4 is 5.73 Å². The van der Waals surface area contributed by atoms with Crippen molar-refractivity contribution in [1.82, 2.24) is 0 Å². The lowest BCUT2D eigenvalue weighted by molar-refractivity contribution is -0.113. The van der Waals surface area contributed by atoms with Crippen molar-refractivity contribution in [1.29, 1.82) is 0 Å². The molecule has 0 saturated carbocycles. The molecule has 0 aliphatic heterocycles. The number of carbonyl (C=O) groups excluding carboxylic acids is 1. The maximum Gasteiger partial charge on any atom is 0.335 e. The first-order chi connectivity index (χ1) is 9.56. The SMILES string of the molecule is NC(=O)/C=C\c1cccc(-c2ccc(C(=O)O)cc2)c1. The predicted octanol–water partition coefficient (Wildman–Crippen LogP) is 2.55. The molecule has 2 aromatic carbocycles. The van der Waals surface area contributed by atoms with Crippen molar-refractivity contribution in [3.05, 3.63) is 65.7 Å². The van der Waals surface area contributed by atoms with Crippen LogP contribution in [-0.4, -0.2) is 17.0 Å². The van der Waals surface area contributed by atoms with Gasteiger partial charge < -0.3 is 10.8 Å². The Balaban J connectivity index is 2.31. The third-order valence-corrected chi connectivity index (χ3v) is 2.79. The highest BCUT2D eigenvalue weighted by atomic mass is 16.4. The second-order valence-electron chi connectivity index (χ2n) is 4.24. The zero-order valence-corrected chi connectivity index (χ0v) is 10.6. The Bertz CT molecular complexity index is 672. The molecule has 0 unspecified atom stereocenters. The van der Waals surface area contributed by atoms with Gasteiger partial charge in [-0.05, 0) is 41.0 Å². The lowest BCUT2D eigenvalue weighted by atomic mass is 10.0. The minimum absolute atomic E-state index is 0.249. The third kappa shape index (κ3) is 3.32. The van der Waals surface area contributed by atoms with Crippen LogP contribution in [0.3, 0.4) is 0 Å². The highest BCUT2D eigenvalue weighted by molar-refractivity contribution is 5.90. The molecule has 0 fully saturated rings. The summed E-state index contributed by atoms with van der Waals surface area (Å²) >= 11 is 0. The summed E-state index contributed by atoms with van der Waals surface area (Å²) in [6.45, 7) is 0. The van der Waals surface area contributed by atoms with Crippen LogP contribution in [0.1, 0.15) is 15.9 Å². The Labute approximate surface area is 116 Å². The lowest BCUT2D eigenvalue weighted by Crippen LogP contribution is -2.05. The van der Waals surface area contributed by atoms with Gasteiger partial charge >= 0.3 is 5.97 Å². The van der Waals surface area contributed by atoms with Gasteiger partial charge in [-0.3, -0.25) is 4.79 Å². The van der Waals surface area contributed by atoms with Gasteiger partial charge in [0.25, 0.3) is 0 Å². The summed E-state index contributed by atoms with van der Waals surface area (Å²) in [4.78, 5) is 21.5. The zero-order chi connectivity index (χ0) is 14.5. The Morgan fingerprint density at radius 3 is 2.30 bits per heavy atom. The van der Waals surface area contributed by atoms with E-state index >= 15 is 0 Å². The number of carboxylic acid groups (broad SMARTS) is 1. The second kappa shape index (κ2) is 5.84. The topological polar surface area (TPSA) is 80.4 Å². The first-order valence-electron chi connectivity index (χ1n) is 5.97. The maximum absolute atomic E-state index is 10.8. The zero-order valence-electron chi connectivity index (χ0n) is 10.6. The molecule has 0 bridgehead atoms. The number of hydrogen-bond acceptors (Lipinski definition) is 2. The molecule has 1 amide bonds. The van der Waals surface area contributed by atoms with Gasteiger partial charge in [0.15, 0.2) is 0 Å². The van der Waals surface area contributed by atoms with Crippen molar-refractivity contribution >= 4 is 18.0 Å². The average molecular weight is 267 g/mol. The molecule has 0 saturated heterocycles. The number of benzene rings is 2. The van der Waals surface area contributed by atoms with Crippen LogP contribution in [0.5, 0.6) is 0 Å². The smallest absolute Gasteiger partial charge is 0.335 e. The highest BCUT2D eigenvalue weighted by Gasteiger charge is 2.03. The Morgan fingerprint density at radius 2 is 1.70 bits per heavy atom. The monoisotopic (exact) mass is 267 g/mol. The van der Waals surface area contributed by atoms with Crippen molar-refractivity contribution in [2.75, 3.05) is 0 Å². The van der Waals surface area contributed by atoms with Crippen molar-refractivity contribution in [2.24, 2.45) is 5.73 Å². The molecule has 0 radical (unpaired) electrons. The first-order valence-corrected chi connectivity index (χ1v) is 5.97. The van der Waals surface area contributed by atoms with Crippen molar-refractivity contribution in [2.45, 2.75) is 0 Å². The molecule has 100 valence electrons. The Hall–Kier alpha value is -2.88. The highest BCUT2D eigenvalue weighted by Crippen LogP contribution is 2.21. The van der Waals surface area contributed by atoms with E-state index in [2.05, 4.69) is 0 Å². The molecule has 0 aliphatic carbocycles. The van der Waals surface area contributed by atoms with Gasteiger partial charge in [0.2, 0.25) is 5.91 Å². The minimum Gasteiger partial charge on any atom is -0.478 e. The fourth-order valence-electron chi connectivity index (χ4n) is 1.81. The van der Waals surface area contributed by atoms with Gasteiger partial charge in [0, 0.05) is 6.08 Å². The van der Waals surface area contributed by atoms with Crippen molar-refractivity contribution in [3.8, 4) is 11.1 Å². The molecular weight excluding hydrogens is 254 g/mol. The van der Waals surface area contributed by atoms with Crippen LogP contribution >= 0.6 is 0 Å². The second-order valence-corrected chi connectivity index (χ2v) is 4.24. The lowest BCUT2D eigenvalue weighted by Gasteiger charge is -2.03. The third-order valence-electron chi connectivity index (χ3n) is 2.79. The van der Waals surface area contributed by atoms with E-state index in [-0.39, 0.29) is 5.56 Å². The largest absolute Gasteiger partial charge is 0.478 e. The fraction of sp³-hybridized carbons (Fsp3) is 0. The average Bonchev–Trinajstić information content (AvgIpc) is 2.45. The quantitative estimate of drug-likeness (QED) is 0.835. The van der Waals surface area contributed by atoms with Gasteiger partial charge in [0.05, 0.1) is 5.56 Å². The number of nitrogens with two attached hydrogens (primary N) is 1. The molecule has 4 heteroatoms. The van der Waals surface area contributed by atoms with E-state index in [0.29, 0.717) is 0 Å². The van der Waals surface area contributed by atoms with Crippen LogP contribution in [0, 0.1) is 0 Å². The molecule has 3 N–H and O–H groups in total. The summed E-state index contributed by atoms with van der Waals surface area (Å²) in [7, 11) is 0. The van der Waals surface area contributed by atoms with Crippen molar-refractivity contribution < 1.29 is 14.7 Å². The van der Waals surface area contributed by atoms with Crippen molar-refractivity contribution in [3.63, 3.8) is 0 Å². The number of amides is 1. The van der Waals surface area contributed by atoms with E-state index in [0.717, 1.165) is 16.7 Å². The van der Waals surface area contributed by atoms with E-state index < -0.39 is 11.9 Å². The summed E-state index contributed by atoms with van der Waals surface area (Å²) < 4.78 is 0. The molecule has 0 spiro atoms. The van der Waals surface area contributed by atoms with E-state index in [4.69, 9.17) is 10.8 Å². The fourth-order valence-corrected chi connectivity index (χ4v) is 1.81. The van der Waals surface area contributed by atoms with Crippen LogP contribution in [0.15, 0.2) is 54.6 Å². The molecule has 2 aromatic rings. The van der Waals surface area contributed by atoms with Crippen LogP contribution in [-0.2, 0) is 4.79 Å². The summed E-state index contributed by atoms with van der Waals surface area (Å²) in [5, 5.41) is 8.86. The molecule has 0 aromatic heterocycles. The van der Waals surface area contributed by atoms with Gasteiger partial charge in [-0.15, -0.1) is 0 Å². The van der Waals surface area contributed by atoms with Crippen LogP contribution in [0.25, 0.3) is 17.2 Å². The number of aromatic carboxylic acids is 1. The molecule has 2 rings (SSSR count). The van der Waals surface area contributed by atoms with Gasteiger partial charge in [-0.1, -0.05) is 30.3 Å². The Kier molecular flexibility index (Phi) is 3.96. The number of primary amides is 1. The molecular formula is C16H13NO3.